The maximum atomic E-state index is 6.16. The molecule has 0 aliphatic carbocycles. The molecule has 96 valence electrons. The molecule has 0 fully saturated rings. The highest BCUT2D eigenvalue weighted by Gasteiger charge is 2.14. The van der Waals surface area contributed by atoms with Gasteiger partial charge in [0.1, 0.15) is 5.75 Å². The second kappa shape index (κ2) is 6.48. The van der Waals surface area contributed by atoms with Gasteiger partial charge in [0.05, 0.1) is 11.1 Å². The van der Waals surface area contributed by atoms with Gasteiger partial charge in [-0.3, -0.25) is 0 Å². The van der Waals surface area contributed by atoms with E-state index in [0.29, 0.717) is 15.8 Å². The SMILES string of the molecule is CCC(N)Cc1cc(Cl)cc(Cl)c1OC(C)C. The fourth-order valence-corrected chi connectivity index (χ4v) is 2.14. The van der Waals surface area contributed by atoms with Gasteiger partial charge in [-0.05, 0) is 44.4 Å². The predicted octanol–water partition coefficient (Wildman–Crippen LogP) is 4.06. The molecule has 17 heavy (non-hydrogen) atoms. The molecule has 2 N–H and O–H groups in total. The minimum atomic E-state index is 0.0743. The molecule has 0 radical (unpaired) electrons. The Kier molecular flexibility index (Phi) is 5.57. The highest BCUT2D eigenvalue weighted by molar-refractivity contribution is 6.35. The number of halogens is 2. The van der Waals surface area contributed by atoms with Crippen molar-refractivity contribution in [3.8, 4) is 5.75 Å². The van der Waals surface area contributed by atoms with E-state index < -0.39 is 0 Å². The summed E-state index contributed by atoms with van der Waals surface area (Å²) in [6.45, 7) is 5.99. The molecule has 0 bridgehead atoms. The van der Waals surface area contributed by atoms with Gasteiger partial charge in [-0.25, -0.2) is 0 Å². The molecular weight excluding hydrogens is 257 g/mol. The lowest BCUT2D eigenvalue weighted by molar-refractivity contribution is 0.239. The molecule has 0 spiro atoms. The van der Waals surface area contributed by atoms with Crippen LogP contribution in [0.15, 0.2) is 12.1 Å². The van der Waals surface area contributed by atoms with E-state index in [2.05, 4.69) is 6.92 Å². The van der Waals surface area contributed by atoms with Gasteiger partial charge in [-0.15, -0.1) is 0 Å². The summed E-state index contributed by atoms with van der Waals surface area (Å²) in [5.74, 6) is 0.704. The minimum absolute atomic E-state index is 0.0743. The first-order valence-corrected chi connectivity index (χ1v) is 6.59. The summed E-state index contributed by atoms with van der Waals surface area (Å²) in [7, 11) is 0. The van der Waals surface area contributed by atoms with Crippen LogP contribution in [0.5, 0.6) is 5.75 Å². The number of nitrogens with two attached hydrogens (primary N) is 1. The summed E-state index contributed by atoms with van der Waals surface area (Å²) in [6.07, 6.45) is 1.70. The van der Waals surface area contributed by atoms with Crippen LogP contribution >= 0.6 is 23.2 Å². The van der Waals surface area contributed by atoms with Gasteiger partial charge in [0.25, 0.3) is 0 Å². The van der Waals surface area contributed by atoms with E-state index in [1.807, 2.05) is 19.9 Å². The summed E-state index contributed by atoms with van der Waals surface area (Å²) in [5.41, 5.74) is 6.94. The van der Waals surface area contributed by atoms with Crippen molar-refractivity contribution in [2.45, 2.75) is 45.8 Å². The molecule has 1 aromatic carbocycles. The topological polar surface area (TPSA) is 35.2 Å². The maximum Gasteiger partial charge on any atom is 0.141 e. The molecule has 1 atom stereocenters. The zero-order chi connectivity index (χ0) is 13.0. The molecule has 1 aromatic rings. The summed E-state index contributed by atoms with van der Waals surface area (Å²) < 4.78 is 5.73. The number of hydrogen-bond donors (Lipinski definition) is 1. The van der Waals surface area contributed by atoms with Crippen LogP contribution < -0.4 is 10.5 Å². The van der Waals surface area contributed by atoms with Gasteiger partial charge in [0, 0.05) is 11.1 Å². The van der Waals surface area contributed by atoms with Gasteiger partial charge >= 0.3 is 0 Å². The first-order valence-electron chi connectivity index (χ1n) is 5.84. The van der Waals surface area contributed by atoms with Crippen LogP contribution in [0.1, 0.15) is 32.8 Å². The normalized spacial score (nSPS) is 12.9. The molecular formula is C13H19Cl2NO. The summed E-state index contributed by atoms with van der Waals surface area (Å²) in [5, 5.41) is 1.16. The molecule has 0 saturated heterocycles. The van der Waals surface area contributed by atoms with Crippen molar-refractivity contribution in [2.24, 2.45) is 5.73 Å². The fraction of sp³-hybridized carbons (Fsp3) is 0.538. The van der Waals surface area contributed by atoms with E-state index in [1.165, 1.54) is 0 Å². The molecule has 0 aliphatic rings. The average Bonchev–Trinajstić information content (AvgIpc) is 2.22. The Bertz CT molecular complexity index is 380. The van der Waals surface area contributed by atoms with Gasteiger partial charge in [0.15, 0.2) is 0 Å². The van der Waals surface area contributed by atoms with E-state index in [9.17, 15) is 0 Å². The molecule has 1 rings (SSSR count). The summed E-state index contributed by atoms with van der Waals surface area (Å²) in [6, 6.07) is 3.67. The molecule has 0 saturated carbocycles. The lowest BCUT2D eigenvalue weighted by Gasteiger charge is -2.18. The van der Waals surface area contributed by atoms with Crippen molar-refractivity contribution >= 4 is 23.2 Å². The average molecular weight is 276 g/mol. The third-order valence-corrected chi connectivity index (χ3v) is 2.94. The van der Waals surface area contributed by atoms with E-state index in [-0.39, 0.29) is 12.1 Å². The Morgan fingerprint density at radius 3 is 2.47 bits per heavy atom. The number of hydrogen-bond acceptors (Lipinski definition) is 2. The van der Waals surface area contributed by atoms with Gasteiger partial charge in [-0.2, -0.15) is 0 Å². The van der Waals surface area contributed by atoms with Crippen LogP contribution in [0, 0.1) is 0 Å². The third-order valence-electron chi connectivity index (χ3n) is 2.45. The van der Waals surface area contributed by atoms with E-state index in [4.69, 9.17) is 33.7 Å². The zero-order valence-electron chi connectivity index (χ0n) is 10.5. The quantitative estimate of drug-likeness (QED) is 0.880. The zero-order valence-corrected chi connectivity index (χ0v) is 12.0. The molecule has 1 unspecified atom stereocenters. The van der Waals surface area contributed by atoms with Crippen molar-refractivity contribution in [1.29, 1.82) is 0 Å². The van der Waals surface area contributed by atoms with Crippen LogP contribution in [-0.2, 0) is 6.42 Å². The monoisotopic (exact) mass is 275 g/mol. The lowest BCUT2D eigenvalue weighted by atomic mass is 10.0. The van der Waals surface area contributed by atoms with E-state index in [0.717, 1.165) is 18.4 Å². The standard InChI is InChI=1S/C13H19Cl2NO/c1-4-11(16)6-9-5-10(14)7-12(15)13(9)17-8(2)3/h5,7-8,11H,4,6,16H2,1-3H3. The Morgan fingerprint density at radius 2 is 1.94 bits per heavy atom. The Hall–Kier alpha value is -0.440. The third kappa shape index (κ3) is 4.38. The predicted molar refractivity (Wildman–Crippen MR) is 74.2 cm³/mol. The van der Waals surface area contributed by atoms with Crippen LogP contribution in [0.25, 0.3) is 0 Å². The van der Waals surface area contributed by atoms with Crippen molar-refractivity contribution < 1.29 is 4.74 Å². The van der Waals surface area contributed by atoms with Crippen LogP contribution in [-0.4, -0.2) is 12.1 Å². The minimum Gasteiger partial charge on any atom is -0.489 e. The largest absolute Gasteiger partial charge is 0.489 e. The van der Waals surface area contributed by atoms with Gasteiger partial charge in [0.2, 0.25) is 0 Å². The van der Waals surface area contributed by atoms with Gasteiger partial charge in [-0.1, -0.05) is 30.1 Å². The van der Waals surface area contributed by atoms with Crippen LogP contribution in [0.3, 0.4) is 0 Å². The van der Waals surface area contributed by atoms with Crippen LogP contribution in [0.4, 0.5) is 0 Å². The Morgan fingerprint density at radius 1 is 1.29 bits per heavy atom. The van der Waals surface area contributed by atoms with Gasteiger partial charge < -0.3 is 10.5 Å². The first-order chi connectivity index (χ1) is 7.93. The fourth-order valence-electron chi connectivity index (χ4n) is 1.56. The van der Waals surface area contributed by atoms with Crippen molar-refractivity contribution in [3.63, 3.8) is 0 Å². The highest BCUT2D eigenvalue weighted by atomic mass is 35.5. The molecule has 0 aliphatic heterocycles. The molecule has 0 heterocycles. The smallest absolute Gasteiger partial charge is 0.141 e. The maximum absolute atomic E-state index is 6.16. The highest BCUT2D eigenvalue weighted by Crippen LogP contribution is 2.34. The number of benzene rings is 1. The Labute approximate surface area is 113 Å². The van der Waals surface area contributed by atoms with E-state index in [1.54, 1.807) is 6.07 Å². The molecule has 0 amide bonds. The first kappa shape index (κ1) is 14.6. The second-order valence-corrected chi connectivity index (χ2v) is 5.26. The van der Waals surface area contributed by atoms with Crippen molar-refractivity contribution in [3.05, 3.63) is 27.7 Å². The molecule has 4 heteroatoms. The number of ether oxygens (including phenoxy) is 1. The number of rotatable bonds is 5. The second-order valence-electron chi connectivity index (χ2n) is 4.41. The van der Waals surface area contributed by atoms with Crippen LogP contribution in [0.2, 0.25) is 10.0 Å². The molecule has 2 nitrogen and oxygen atoms in total. The summed E-state index contributed by atoms with van der Waals surface area (Å²) >= 11 is 12.2. The lowest BCUT2D eigenvalue weighted by Crippen LogP contribution is -2.22. The molecule has 0 aromatic heterocycles. The van der Waals surface area contributed by atoms with Crippen molar-refractivity contribution in [1.82, 2.24) is 0 Å². The Balaban J connectivity index is 3.06. The summed E-state index contributed by atoms with van der Waals surface area (Å²) in [4.78, 5) is 0. The van der Waals surface area contributed by atoms with Crippen molar-refractivity contribution in [2.75, 3.05) is 0 Å². The van der Waals surface area contributed by atoms with E-state index >= 15 is 0 Å².